The topological polar surface area (TPSA) is 29.1 Å². The normalized spacial score (nSPS) is 11.1. The molecule has 0 aliphatic rings. The second-order valence-electron chi connectivity index (χ2n) is 3.15. The summed E-state index contributed by atoms with van der Waals surface area (Å²) in [7, 11) is -1.34. The standard InChI is InChI=1S/C6H15NOSi/c1-5-6(8)7-9(2,3)4/h5H2,1-4H3,(H,7,8). The zero-order chi connectivity index (χ0) is 7.49. The maximum atomic E-state index is 10.8. The number of carbonyl (C=O) groups excluding carboxylic acids is 1. The minimum absolute atomic E-state index is 0.175. The summed E-state index contributed by atoms with van der Waals surface area (Å²) in [6.07, 6.45) is 0.601. The molecule has 9 heavy (non-hydrogen) atoms. The summed E-state index contributed by atoms with van der Waals surface area (Å²) >= 11 is 0. The Bertz CT molecular complexity index is 106. The fraction of sp³-hybridized carbons (Fsp3) is 0.833. The number of nitrogens with one attached hydrogen (secondary N) is 1. The van der Waals surface area contributed by atoms with Crippen LogP contribution in [-0.2, 0) is 4.79 Å². The second kappa shape index (κ2) is 3.01. The Balaban J connectivity index is 3.60. The van der Waals surface area contributed by atoms with Crippen molar-refractivity contribution in [3.8, 4) is 0 Å². The molecule has 3 heteroatoms. The van der Waals surface area contributed by atoms with Gasteiger partial charge in [-0.2, -0.15) is 0 Å². The minimum Gasteiger partial charge on any atom is -0.382 e. The van der Waals surface area contributed by atoms with Gasteiger partial charge in [0, 0.05) is 6.42 Å². The van der Waals surface area contributed by atoms with E-state index in [0.717, 1.165) is 0 Å². The van der Waals surface area contributed by atoms with E-state index >= 15 is 0 Å². The van der Waals surface area contributed by atoms with Gasteiger partial charge < -0.3 is 4.98 Å². The summed E-state index contributed by atoms with van der Waals surface area (Å²) in [4.78, 5) is 13.7. The SMILES string of the molecule is CCC(=O)N[Si](C)(C)C. The van der Waals surface area contributed by atoms with Crippen LogP contribution in [0.25, 0.3) is 0 Å². The number of hydrogen-bond donors (Lipinski definition) is 1. The fourth-order valence-corrected chi connectivity index (χ4v) is 1.52. The summed E-state index contributed by atoms with van der Waals surface area (Å²) in [5.74, 6) is 0.175. The zero-order valence-corrected chi connectivity index (χ0v) is 7.62. The lowest BCUT2D eigenvalue weighted by Crippen LogP contribution is -2.44. The Kier molecular flexibility index (Phi) is 2.90. The van der Waals surface area contributed by atoms with E-state index < -0.39 is 8.24 Å². The van der Waals surface area contributed by atoms with Gasteiger partial charge in [-0.05, 0) is 0 Å². The van der Waals surface area contributed by atoms with Crippen molar-refractivity contribution in [2.24, 2.45) is 0 Å². The molecule has 0 aromatic rings. The molecule has 0 unspecified atom stereocenters. The third kappa shape index (κ3) is 5.56. The van der Waals surface area contributed by atoms with Crippen LogP contribution in [0, 0.1) is 0 Å². The molecule has 0 spiro atoms. The van der Waals surface area contributed by atoms with E-state index in [2.05, 4.69) is 24.6 Å². The molecule has 0 saturated heterocycles. The Hall–Kier alpha value is -0.313. The summed E-state index contributed by atoms with van der Waals surface area (Å²) in [5, 5.41) is 0. The van der Waals surface area contributed by atoms with Gasteiger partial charge in [0.05, 0.1) is 0 Å². The van der Waals surface area contributed by atoms with Crippen LogP contribution in [0.1, 0.15) is 13.3 Å². The minimum atomic E-state index is -1.34. The lowest BCUT2D eigenvalue weighted by molar-refractivity contribution is -0.119. The molecule has 0 aromatic heterocycles. The molecule has 0 radical (unpaired) electrons. The first-order valence-corrected chi connectivity index (χ1v) is 6.76. The van der Waals surface area contributed by atoms with Gasteiger partial charge in [-0.25, -0.2) is 0 Å². The van der Waals surface area contributed by atoms with Crippen LogP contribution >= 0.6 is 0 Å². The van der Waals surface area contributed by atoms with Crippen LogP contribution < -0.4 is 4.98 Å². The van der Waals surface area contributed by atoms with E-state index in [0.29, 0.717) is 6.42 Å². The number of amides is 1. The van der Waals surface area contributed by atoms with Crippen LogP contribution in [-0.4, -0.2) is 14.1 Å². The molecule has 0 heterocycles. The van der Waals surface area contributed by atoms with Crippen molar-refractivity contribution >= 4 is 14.1 Å². The molecule has 0 aliphatic heterocycles. The van der Waals surface area contributed by atoms with Crippen LogP contribution in [0.2, 0.25) is 19.6 Å². The molecular weight excluding hydrogens is 130 g/mol. The molecule has 0 aromatic carbocycles. The highest BCUT2D eigenvalue weighted by Crippen LogP contribution is 1.94. The first-order valence-electron chi connectivity index (χ1n) is 3.26. The van der Waals surface area contributed by atoms with E-state index in [4.69, 9.17) is 0 Å². The quantitative estimate of drug-likeness (QED) is 0.584. The van der Waals surface area contributed by atoms with Crippen molar-refractivity contribution in [1.82, 2.24) is 4.98 Å². The molecule has 2 nitrogen and oxygen atoms in total. The van der Waals surface area contributed by atoms with Gasteiger partial charge in [0.15, 0.2) is 0 Å². The Morgan fingerprint density at radius 1 is 1.44 bits per heavy atom. The summed E-state index contributed by atoms with van der Waals surface area (Å²) in [6.45, 7) is 8.21. The van der Waals surface area contributed by atoms with Crippen LogP contribution in [0.15, 0.2) is 0 Å². The predicted octanol–water partition coefficient (Wildman–Crippen LogP) is 1.35. The molecule has 0 atom stereocenters. The maximum absolute atomic E-state index is 10.8. The number of hydrogen-bond acceptors (Lipinski definition) is 1. The van der Waals surface area contributed by atoms with Crippen molar-refractivity contribution in [3.63, 3.8) is 0 Å². The van der Waals surface area contributed by atoms with E-state index in [1.165, 1.54) is 0 Å². The highest BCUT2D eigenvalue weighted by atomic mass is 28.3. The Morgan fingerprint density at radius 3 is 2.00 bits per heavy atom. The van der Waals surface area contributed by atoms with Crippen molar-refractivity contribution in [2.75, 3.05) is 0 Å². The predicted molar refractivity (Wildman–Crippen MR) is 41.8 cm³/mol. The summed E-state index contributed by atoms with van der Waals surface area (Å²) in [5.41, 5.74) is 0. The number of carbonyl (C=O) groups is 1. The van der Waals surface area contributed by atoms with E-state index in [1.54, 1.807) is 0 Å². The first kappa shape index (κ1) is 8.69. The molecule has 0 rings (SSSR count). The summed E-state index contributed by atoms with van der Waals surface area (Å²) < 4.78 is 0. The maximum Gasteiger partial charge on any atom is 0.211 e. The smallest absolute Gasteiger partial charge is 0.211 e. The monoisotopic (exact) mass is 145 g/mol. The molecule has 0 bridgehead atoms. The van der Waals surface area contributed by atoms with E-state index in [-0.39, 0.29) is 5.91 Å². The molecule has 54 valence electrons. The van der Waals surface area contributed by atoms with Crippen molar-refractivity contribution < 1.29 is 4.79 Å². The Labute approximate surface area is 57.7 Å². The van der Waals surface area contributed by atoms with Crippen LogP contribution in [0.3, 0.4) is 0 Å². The van der Waals surface area contributed by atoms with Crippen molar-refractivity contribution in [1.29, 1.82) is 0 Å². The molecule has 0 fully saturated rings. The number of rotatable bonds is 2. The highest BCUT2D eigenvalue weighted by Gasteiger charge is 2.14. The lowest BCUT2D eigenvalue weighted by Gasteiger charge is -2.16. The van der Waals surface area contributed by atoms with Crippen molar-refractivity contribution in [3.05, 3.63) is 0 Å². The largest absolute Gasteiger partial charge is 0.382 e. The summed E-state index contributed by atoms with van der Waals surface area (Å²) in [6, 6.07) is 0. The van der Waals surface area contributed by atoms with Gasteiger partial charge >= 0.3 is 0 Å². The molecule has 1 amide bonds. The van der Waals surface area contributed by atoms with E-state index in [1.807, 2.05) is 6.92 Å². The first-order chi connectivity index (χ1) is 3.95. The third-order valence-electron chi connectivity index (χ3n) is 0.836. The average Bonchev–Trinajstić information content (AvgIpc) is 1.62. The molecule has 0 saturated carbocycles. The zero-order valence-electron chi connectivity index (χ0n) is 6.62. The van der Waals surface area contributed by atoms with Gasteiger partial charge in [-0.3, -0.25) is 4.79 Å². The van der Waals surface area contributed by atoms with Gasteiger partial charge in [0.1, 0.15) is 8.24 Å². The lowest BCUT2D eigenvalue weighted by atomic mass is 10.5. The average molecular weight is 145 g/mol. The second-order valence-corrected chi connectivity index (χ2v) is 7.90. The fourth-order valence-electron chi connectivity index (χ4n) is 0.507. The van der Waals surface area contributed by atoms with E-state index in [9.17, 15) is 4.79 Å². The van der Waals surface area contributed by atoms with Gasteiger partial charge in [0.2, 0.25) is 5.91 Å². The third-order valence-corrected chi connectivity index (χ3v) is 1.86. The van der Waals surface area contributed by atoms with Gasteiger partial charge in [0.25, 0.3) is 0 Å². The Morgan fingerprint density at radius 2 is 1.89 bits per heavy atom. The van der Waals surface area contributed by atoms with Crippen LogP contribution in [0.4, 0.5) is 0 Å². The molecule has 0 aliphatic carbocycles. The van der Waals surface area contributed by atoms with Gasteiger partial charge in [-0.15, -0.1) is 0 Å². The van der Waals surface area contributed by atoms with Crippen molar-refractivity contribution in [2.45, 2.75) is 33.0 Å². The molecular formula is C6H15NOSi. The highest BCUT2D eigenvalue weighted by molar-refractivity contribution is 6.75. The van der Waals surface area contributed by atoms with Crippen LogP contribution in [0.5, 0.6) is 0 Å². The molecule has 1 N–H and O–H groups in total. The van der Waals surface area contributed by atoms with Gasteiger partial charge in [-0.1, -0.05) is 26.6 Å².